The summed E-state index contributed by atoms with van der Waals surface area (Å²) in [6.45, 7) is 3.87. The van der Waals surface area contributed by atoms with Crippen LogP contribution in [-0.4, -0.2) is 54.5 Å². The molecule has 1 saturated heterocycles. The maximum absolute atomic E-state index is 12.5. The van der Waals surface area contributed by atoms with Crippen molar-refractivity contribution in [2.75, 3.05) is 32.1 Å². The predicted molar refractivity (Wildman–Crippen MR) is 116 cm³/mol. The minimum Gasteiger partial charge on any atom is -0.497 e. The average Bonchev–Trinajstić information content (AvgIpc) is 3.30. The van der Waals surface area contributed by atoms with Crippen LogP contribution >= 0.6 is 0 Å². The fourth-order valence-corrected chi connectivity index (χ4v) is 3.68. The molecule has 2 aromatic rings. The number of likely N-dealkylation sites (tertiary alicyclic amines) is 1. The molecule has 0 radical (unpaired) electrons. The van der Waals surface area contributed by atoms with Crippen LogP contribution in [0.25, 0.3) is 0 Å². The molecule has 8 nitrogen and oxygen atoms in total. The fraction of sp³-hybridized carbons (Fsp3) is 0.348. The number of amides is 2. The summed E-state index contributed by atoms with van der Waals surface area (Å²) in [4.78, 5) is 38.3. The zero-order chi connectivity index (χ0) is 22.4. The predicted octanol–water partition coefficient (Wildman–Crippen LogP) is 2.59. The number of rotatable bonds is 7. The quantitative estimate of drug-likeness (QED) is 0.589. The number of nitrogens with one attached hydrogen (secondary N) is 2. The second-order valence-electron chi connectivity index (χ2n) is 7.53. The average molecular weight is 425 g/mol. The van der Waals surface area contributed by atoms with Crippen molar-refractivity contribution in [3.63, 3.8) is 0 Å². The van der Waals surface area contributed by atoms with E-state index >= 15 is 0 Å². The van der Waals surface area contributed by atoms with Crippen molar-refractivity contribution >= 4 is 23.5 Å². The highest BCUT2D eigenvalue weighted by molar-refractivity contribution is 6.39. The first kappa shape index (κ1) is 22.3. The van der Waals surface area contributed by atoms with Crippen LogP contribution in [0.15, 0.2) is 42.5 Å². The third-order valence-corrected chi connectivity index (χ3v) is 5.48. The van der Waals surface area contributed by atoms with Crippen LogP contribution < -0.4 is 15.4 Å². The van der Waals surface area contributed by atoms with Crippen molar-refractivity contribution < 1.29 is 24.2 Å². The maximum Gasteiger partial charge on any atom is 0.335 e. The first-order chi connectivity index (χ1) is 14.9. The van der Waals surface area contributed by atoms with Gasteiger partial charge in [0.15, 0.2) is 0 Å². The number of carboxylic acid groups (broad SMARTS) is 1. The van der Waals surface area contributed by atoms with Gasteiger partial charge in [-0.05, 0) is 68.2 Å². The highest BCUT2D eigenvalue weighted by Crippen LogP contribution is 2.26. The van der Waals surface area contributed by atoms with Gasteiger partial charge in [0.2, 0.25) is 0 Å². The molecule has 0 saturated carbocycles. The van der Waals surface area contributed by atoms with Gasteiger partial charge >= 0.3 is 17.8 Å². The van der Waals surface area contributed by atoms with Crippen molar-refractivity contribution in [1.82, 2.24) is 10.2 Å². The number of anilines is 1. The van der Waals surface area contributed by atoms with Gasteiger partial charge in [0.25, 0.3) is 0 Å². The van der Waals surface area contributed by atoms with Gasteiger partial charge in [-0.15, -0.1) is 0 Å². The number of benzene rings is 2. The lowest BCUT2D eigenvalue weighted by atomic mass is 10.1. The molecular weight excluding hydrogens is 398 g/mol. The van der Waals surface area contributed by atoms with Crippen LogP contribution in [0.1, 0.15) is 40.4 Å². The van der Waals surface area contributed by atoms with Crippen LogP contribution in [0, 0.1) is 6.92 Å². The molecule has 0 spiro atoms. The van der Waals surface area contributed by atoms with Gasteiger partial charge in [0.1, 0.15) is 5.75 Å². The Kier molecular flexibility index (Phi) is 7.25. The number of methoxy groups -OCH3 is 1. The zero-order valence-electron chi connectivity index (χ0n) is 17.7. The van der Waals surface area contributed by atoms with Crippen molar-refractivity contribution in [2.45, 2.75) is 25.8 Å². The van der Waals surface area contributed by atoms with Crippen LogP contribution in [0.3, 0.4) is 0 Å². The highest BCUT2D eigenvalue weighted by atomic mass is 16.5. The molecule has 0 bridgehead atoms. The second-order valence-corrected chi connectivity index (χ2v) is 7.53. The monoisotopic (exact) mass is 425 g/mol. The van der Waals surface area contributed by atoms with Crippen LogP contribution in [0.2, 0.25) is 0 Å². The Balaban J connectivity index is 1.66. The van der Waals surface area contributed by atoms with E-state index in [2.05, 4.69) is 15.5 Å². The minimum absolute atomic E-state index is 0.0370. The third-order valence-electron chi connectivity index (χ3n) is 5.48. The molecule has 1 fully saturated rings. The standard InChI is InChI=1S/C23H27N3O5/c1-15-5-6-17(23(29)30)13-19(15)25-22(28)21(27)24-14-20(26-11-3-4-12-26)16-7-9-18(31-2)10-8-16/h5-10,13,20H,3-4,11-12,14H2,1-2H3,(H,24,27)(H,25,28)(H,29,30)/t20-/m1/s1. The lowest BCUT2D eigenvalue weighted by Crippen LogP contribution is -2.41. The number of aromatic carboxylic acids is 1. The topological polar surface area (TPSA) is 108 Å². The Morgan fingerprint density at radius 1 is 1.06 bits per heavy atom. The molecule has 0 aliphatic carbocycles. The molecule has 2 aromatic carbocycles. The number of hydrogen-bond donors (Lipinski definition) is 3. The number of carbonyl (C=O) groups excluding carboxylic acids is 2. The molecule has 0 unspecified atom stereocenters. The number of nitrogens with zero attached hydrogens (tertiary/aromatic N) is 1. The second kappa shape index (κ2) is 10.1. The summed E-state index contributed by atoms with van der Waals surface area (Å²) in [5, 5.41) is 14.4. The lowest BCUT2D eigenvalue weighted by Gasteiger charge is -2.28. The SMILES string of the molecule is COc1ccc([C@@H](CNC(=O)C(=O)Nc2cc(C(=O)O)ccc2C)N2CCCC2)cc1. The first-order valence-corrected chi connectivity index (χ1v) is 10.2. The van der Waals surface area contributed by atoms with E-state index in [-0.39, 0.29) is 18.2 Å². The van der Waals surface area contributed by atoms with Gasteiger partial charge in [-0.3, -0.25) is 14.5 Å². The molecular formula is C23H27N3O5. The van der Waals surface area contributed by atoms with E-state index in [1.54, 1.807) is 20.1 Å². The molecule has 3 rings (SSSR count). The number of carboxylic acids is 1. The number of carbonyl (C=O) groups is 3. The first-order valence-electron chi connectivity index (χ1n) is 10.2. The Morgan fingerprint density at radius 2 is 1.74 bits per heavy atom. The van der Waals surface area contributed by atoms with Crippen LogP contribution in [0.5, 0.6) is 5.75 Å². The fourth-order valence-electron chi connectivity index (χ4n) is 3.68. The van der Waals surface area contributed by atoms with Gasteiger partial charge in [-0.25, -0.2) is 4.79 Å². The summed E-state index contributed by atoms with van der Waals surface area (Å²) < 4.78 is 5.22. The maximum atomic E-state index is 12.5. The molecule has 0 aromatic heterocycles. The Morgan fingerprint density at radius 3 is 2.35 bits per heavy atom. The van der Waals surface area contributed by atoms with E-state index in [1.165, 1.54) is 12.1 Å². The molecule has 164 valence electrons. The van der Waals surface area contributed by atoms with E-state index < -0.39 is 17.8 Å². The summed E-state index contributed by atoms with van der Waals surface area (Å²) in [5.74, 6) is -1.95. The summed E-state index contributed by atoms with van der Waals surface area (Å²) in [6, 6.07) is 12.0. The Hall–Kier alpha value is -3.39. The van der Waals surface area contributed by atoms with Crippen molar-refractivity contribution in [2.24, 2.45) is 0 Å². The zero-order valence-corrected chi connectivity index (χ0v) is 17.7. The molecule has 2 amide bonds. The van der Waals surface area contributed by atoms with Crippen LogP contribution in [-0.2, 0) is 9.59 Å². The molecule has 1 atom stereocenters. The van der Waals surface area contributed by atoms with Crippen molar-refractivity contribution in [1.29, 1.82) is 0 Å². The van der Waals surface area contributed by atoms with E-state index in [9.17, 15) is 14.4 Å². The van der Waals surface area contributed by atoms with E-state index in [4.69, 9.17) is 9.84 Å². The van der Waals surface area contributed by atoms with Gasteiger partial charge in [0, 0.05) is 12.2 Å². The van der Waals surface area contributed by atoms with Gasteiger partial charge < -0.3 is 20.5 Å². The van der Waals surface area contributed by atoms with Crippen LogP contribution in [0.4, 0.5) is 5.69 Å². The highest BCUT2D eigenvalue weighted by Gasteiger charge is 2.25. The third kappa shape index (κ3) is 5.61. The molecule has 1 heterocycles. The smallest absolute Gasteiger partial charge is 0.335 e. The Bertz CT molecular complexity index is 952. The summed E-state index contributed by atoms with van der Waals surface area (Å²) in [7, 11) is 1.61. The summed E-state index contributed by atoms with van der Waals surface area (Å²) in [5.41, 5.74) is 2.04. The van der Waals surface area contributed by atoms with Gasteiger partial charge in [-0.1, -0.05) is 18.2 Å². The van der Waals surface area contributed by atoms with Gasteiger partial charge in [0.05, 0.1) is 18.7 Å². The van der Waals surface area contributed by atoms with Crippen molar-refractivity contribution in [3.05, 3.63) is 59.2 Å². The van der Waals surface area contributed by atoms with Gasteiger partial charge in [-0.2, -0.15) is 0 Å². The summed E-state index contributed by atoms with van der Waals surface area (Å²) in [6.07, 6.45) is 2.20. The summed E-state index contributed by atoms with van der Waals surface area (Å²) >= 11 is 0. The largest absolute Gasteiger partial charge is 0.497 e. The number of hydrogen-bond acceptors (Lipinski definition) is 5. The van der Waals surface area contributed by atoms with E-state index in [0.29, 0.717) is 11.3 Å². The number of aryl methyl sites for hydroxylation is 1. The molecule has 1 aliphatic heterocycles. The normalized spacial score (nSPS) is 14.6. The van der Waals surface area contributed by atoms with E-state index in [1.807, 2.05) is 24.3 Å². The molecule has 1 aliphatic rings. The minimum atomic E-state index is -1.10. The lowest BCUT2D eigenvalue weighted by molar-refractivity contribution is -0.136. The Labute approximate surface area is 181 Å². The number of ether oxygens (including phenoxy) is 1. The molecule has 8 heteroatoms. The molecule has 31 heavy (non-hydrogen) atoms. The molecule has 3 N–H and O–H groups in total. The van der Waals surface area contributed by atoms with Crippen molar-refractivity contribution in [3.8, 4) is 5.75 Å². The van der Waals surface area contributed by atoms with E-state index in [0.717, 1.165) is 37.2 Å².